The number of nitrogens with one attached hydrogen (secondary N) is 1. The first-order valence-electron chi connectivity index (χ1n) is 9.24. The third-order valence-corrected chi connectivity index (χ3v) is 7.22. The number of rotatable bonds is 9. The molecule has 1 N–H and O–H groups in total. The fraction of sp³-hybridized carbons (Fsp3) is 0.182. The maximum atomic E-state index is 12.8. The molecule has 0 bridgehead atoms. The van der Waals surface area contributed by atoms with Crippen LogP contribution in [0.4, 0.5) is 0 Å². The molecular formula is C22H23NO5S2. The van der Waals surface area contributed by atoms with Crippen molar-refractivity contribution in [3.8, 4) is 0 Å². The Morgan fingerprint density at radius 1 is 0.700 bits per heavy atom. The van der Waals surface area contributed by atoms with Gasteiger partial charge in [0.2, 0.25) is 10.0 Å². The lowest BCUT2D eigenvalue weighted by Crippen LogP contribution is -2.25. The number of sulfonamides is 1. The van der Waals surface area contributed by atoms with Crippen LogP contribution in [0, 0.1) is 0 Å². The highest BCUT2D eigenvalue weighted by atomic mass is 32.2. The van der Waals surface area contributed by atoms with Gasteiger partial charge in [0, 0.05) is 12.8 Å². The lowest BCUT2D eigenvalue weighted by molar-refractivity contribution is 0.106. The Morgan fingerprint density at radius 2 is 1.27 bits per heavy atom. The zero-order valence-corrected chi connectivity index (χ0v) is 18.1. The Bertz CT molecular complexity index is 1210. The minimum Gasteiger partial charge on any atom is -0.372 e. The summed E-state index contributed by atoms with van der Waals surface area (Å²) in [6.45, 7) is 0.792. The lowest BCUT2D eigenvalue weighted by Gasteiger charge is -2.13. The summed E-state index contributed by atoms with van der Waals surface area (Å²) in [6, 6.07) is 22.7. The molecule has 0 unspecified atom stereocenters. The molecule has 3 aromatic carbocycles. The first-order valence-corrected chi connectivity index (χ1v) is 12.6. The molecular weight excluding hydrogens is 422 g/mol. The van der Waals surface area contributed by atoms with E-state index in [-0.39, 0.29) is 16.3 Å². The minimum atomic E-state index is -4.02. The van der Waals surface area contributed by atoms with Gasteiger partial charge in [0.1, 0.15) is 4.90 Å². The van der Waals surface area contributed by atoms with E-state index in [9.17, 15) is 16.8 Å². The van der Waals surface area contributed by atoms with Crippen LogP contribution >= 0.6 is 0 Å². The van der Waals surface area contributed by atoms with Gasteiger partial charge in [-0.05, 0) is 28.8 Å². The quantitative estimate of drug-likeness (QED) is 0.546. The Morgan fingerprint density at radius 3 is 1.93 bits per heavy atom. The van der Waals surface area contributed by atoms with Gasteiger partial charge in [-0.1, -0.05) is 66.7 Å². The van der Waals surface area contributed by atoms with E-state index in [4.69, 9.17) is 4.74 Å². The van der Waals surface area contributed by atoms with Crippen molar-refractivity contribution in [1.82, 2.24) is 4.72 Å². The molecule has 0 saturated heterocycles. The standard InChI is InChI=1S/C22H23NO5S2/c1-29(24,25)21-13-7-8-14-22(21)30(26,27)23-15-19-11-5-6-12-20(19)17-28-16-18-9-3-2-4-10-18/h2-14,23H,15-17H2,1H3. The van der Waals surface area contributed by atoms with Crippen LogP contribution in [-0.2, 0) is 44.4 Å². The summed E-state index contributed by atoms with van der Waals surface area (Å²) < 4.78 is 57.7. The van der Waals surface area contributed by atoms with Crippen LogP contribution in [0.2, 0.25) is 0 Å². The molecule has 30 heavy (non-hydrogen) atoms. The van der Waals surface area contributed by atoms with E-state index in [1.54, 1.807) is 0 Å². The average Bonchev–Trinajstić information content (AvgIpc) is 2.73. The van der Waals surface area contributed by atoms with Crippen molar-refractivity contribution in [2.75, 3.05) is 6.26 Å². The molecule has 8 heteroatoms. The van der Waals surface area contributed by atoms with E-state index in [0.29, 0.717) is 13.2 Å². The SMILES string of the molecule is CS(=O)(=O)c1ccccc1S(=O)(=O)NCc1ccccc1COCc1ccccc1. The zero-order valence-electron chi connectivity index (χ0n) is 16.5. The largest absolute Gasteiger partial charge is 0.372 e. The smallest absolute Gasteiger partial charge is 0.242 e. The number of hydrogen-bond acceptors (Lipinski definition) is 5. The van der Waals surface area contributed by atoms with Crippen LogP contribution < -0.4 is 4.72 Å². The van der Waals surface area contributed by atoms with Crippen molar-refractivity contribution < 1.29 is 21.6 Å². The van der Waals surface area contributed by atoms with E-state index in [2.05, 4.69) is 4.72 Å². The van der Waals surface area contributed by atoms with Gasteiger partial charge in [-0.15, -0.1) is 0 Å². The molecule has 0 spiro atoms. The maximum absolute atomic E-state index is 12.8. The molecule has 0 atom stereocenters. The fourth-order valence-electron chi connectivity index (χ4n) is 2.95. The van der Waals surface area contributed by atoms with Crippen LogP contribution in [-0.4, -0.2) is 23.1 Å². The molecule has 0 heterocycles. The number of hydrogen-bond donors (Lipinski definition) is 1. The molecule has 0 aromatic heterocycles. The monoisotopic (exact) mass is 445 g/mol. The molecule has 158 valence electrons. The summed E-state index contributed by atoms with van der Waals surface area (Å²) in [4.78, 5) is -0.484. The Balaban J connectivity index is 1.72. The summed E-state index contributed by atoms with van der Waals surface area (Å²) in [5, 5.41) is 0. The van der Waals surface area contributed by atoms with E-state index in [1.807, 2.05) is 54.6 Å². The number of benzene rings is 3. The molecule has 0 aliphatic rings. The first kappa shape index (κ1) is 22.2. The third-order valence-electron chi connectivity index (χ3n) is 4.48. The van der Waals surface area contributed by atoms with Crippen molar-refractivity contribution in [2.45, 2.75) is 29.5 Å². The third kappa shape index (κ3) is 5.76. The summed E-state index contributed by atoms with van der Waals surface area (Å²) in [5.74, 6) is 0. The topological polar surface area (TPSA) is 89.5 Å². The Labute approximate surface area is 177 Å². The molecule has 0 aliphatic carbocycles. The first-order chi connectivity index (χ1) is 14.3. The second kappa shape index (κ2) is 9.53. The highest BCUT2D eigenvalue weighted by Gasteiger charge is 2.23. The van der Waals surface area contributed by atoms with Crippen molar-refractivity contribution in [1.29, 1.82) is 0 Å². The molecule has 0 radical (unpaired) electrons. The summed E-state index contributed by atoms with van der Waals surface area (Å²) in [7, 11) is -7.71. The van der Waals surface area contributed by atoms with Gasteiger partial charge in [0.15, 0.2) is 9.84 Å². The summed E-state index contributed by atoms with van der Waals surface area (Å²) >= 11 is 0. The van der Waals surface area contributed by atoms with Crippen LogP contribution in [0.5, 0.6) is 0 Å². The molecule has 0 fully saturated rings. The van der Waals surface area contributed by atoms with Gasteiger partial charge in [0.25, 0.3) is 0 Å². The van der Waals surface area contributed by atoms with Crippen molar-refractivity contribution in [2.24, 2.45) is 0 Å². The van der Waals surface area contributed by atoms with Gasteiger partial charge in [-0.3, -0.25) is 0 Å². The van der Waals surface area contributed by atoms with E-state index < -0.39 is 19.9 Å². The van der Waals surface area contributed by atoms with Crippen LogP contribution in [0.3, 0.4) is 0 Å². The zero-order chi connectivity index (χ0) is 21.6. The van der Waals surface area contributed by atoms with Gasteiger partial charge < -0.3 is 4.74 Å². The van der Waals surface area contributed by atoms with Crippen LogP contribution in [0.25, 0.3) is 0 Å². The van der Waals surface area contributed by atoms with Gasteiger partial charge in [-0.25, -0.2) is 21.6 Å². The predicted octanol–water partition coefficient (Wildman–Crippen LogP) is 3.29. The minimum absolute atomic E-state index is 0.0191. The molecule has 6 nitrogen and oxygen atoms in total. The van der Waals surface area contributed by atoms with Gasteiger partial charge >= 0.3 is 0 Å². The second-order valence-electron chi connectivity index (χ2n) is 6.79. The molecule has 3 rings (SSSR count). The predicted molar refractivity (Wildman–Crippen MR) is 115 cm³/mol. The van der Waals surface area contributed by atoms with E-state index in [1.165, 1.54) is 24.3 Å². The molecule has 3 aromatic rings. The maximum Gasteiger partial charge on any atom is 0.242 e. The fourth-order valence-corrected chi connectivity index (χ4v) is 5.59. The Kier molecular flexibility index (Phi) is 7.04. The Hall–Kier alpha value is -2.52. The molecule has 0 saturated carbocycles. The normalized spacial score (nSPS) is 12.0. The summed E-state index contributed by atoms with van der Waals surface area (Å²) in [5.41, 5.74) is 2.66. The van der Waals surface area contributed by atoms with Crippen LogP contribution in [0.15, 0.2) is 88.7 Å². The number of sulfone groups is 1. The van der Waals surface area contributed by atoms with Gasteiger partial charge in [0.05, 0.1) is 18.1 Å². The number of ether oxygens (including phenoxy) is 1. The van der Waals surface area contributed by atoms with E-state index >= 15 is 0 Å². The average molecular weight is 446 g/mol. The van der Waals surface area contributed by atoms with E-state index in [0.717, 1.165) is 22.9 Å². The van der Waals surface area contributed by atoms with Crippen LogP contribution in [0.1, 0.15) is 16.7 Å². The van der Waals surface area contributed by atoms with Crippen molar-refractivity contribution >= 4 is 19.9 Å². The van der Waals surface area contributed by atoms with Gasteiger partial charge in [-0.2, -0.15) is 0 Å². The lowest BCUT2D eigenvalue weighted by atomic mass is 10.1. The summed E-state index contributed by atoms with van der Waals surface area (Å²) in [6.07, 6.45) is 0.987. The highest BCUT2D eigenvalue weighted by molar-refractivity contribution is 7.93. The van der Waals surface area contributed by atoms with Crippen molar-refractivity contribution in [3.05, 3.63) is 95.6 Å². The second-order valence-corrected chi connectivity index (χ2v) is 10.5. The van der Waals surface area contributed by atoms with Crippen molar-refractivity contribution in [3.63, 3.8) is 0 Å². The molecule has 0 aliphatic heterocycles. The molecule has 0 amide bonds. The highest BCUT2D eigenvalue weighted by Crippen LogP contribution is 2.21.